The number of nitrogens with one attached hydrogen (secondary N) is 1. The molecule has 7 heavy (non-hydrogen) atoms. The van der Waals surface area contributed by atoms with Crippen molar-refractivity contribution >= 4 is 5.82 Å². The number of H-pyrrole nitrogens is 1. The second-order valence-electron chi connectivity index (χ2n) is 0.895. The monoisotopic (exact) mass is 140 g/mol. The van der Waals surface area contributed by atoms with Crippen molar-refractivity contribution in [2.75, 3.05) is 5.73 Å². The molecule has 0 saturated carbocycles. The molecule has 1 aromatic heterocycles. The van der Waals surface area contributed by atoms with E-state index in [9.17, 15) is 0 Å². The molecule has 0 aliphatic heterocycles. The summed E-state index contributed by atoms with van der Waals surface area (Å²) in [4.78, 5) is 0. The van der Waals surface area contributed by atoms with Gasteiger partial charge in [-0.2, -0.15) is 10.3 Å². The summed E-state index contributed by atoms with van der Waals surface area (Å²) in [6, 6.07) is 0. The molecule has 1 rings (SSSR count). The van der Waals surface area contributed by atoms with Crippen molar-refractivity contribution < 1.29 is 17.1 Å². The van der Waals surface area contributed by atoms with Gasteiger partial charge >= 0.3 is 0 Å². The number of aromatic nitrogens is 3. The fourth-order valence-electron chi connectivity index (χ4n) is 0.210. The van der Waals surface area contributed by atoms with Gasteiger partial charge in [-0.25, -0.2) is 0 Å². The first-order chi connectivity index (χ1) is 2.89. The number of aromatic amines is 1. The minimum absolute atomic E-state index is 0. The third-order valence-electron chi connectivity index (χ3n) is 0.434. The molecular formula is C2H4FeN4. The van der Waals surface area contributed by atoms with E-state index < -0.39 is 0 Å². The summed E-state index contributed by atoms with van der Waals surface area (Å²) in [5.74, 6) is 0.426. The second kappa shape index (κ2) is 2.60. The third-order valence-corrected chi connectivity index (χ3v) is 0.434. The molecule has 0 aromatic carbocycles. The van der Waals surface area contributed by atoms with Gasteiger partial charge in [0.2, 0.25) is 0 Å². The molecule has 0 amide bonds. The molecule has 0 spiro atoms. The summed E-state index contributed by atoms with van der Waals surface area (Å²) in [7, 11) is 0. The van der Waals surface area contributed by atoms with Crippen LogP contribution >= 0.6 is 0 Å². The van der Waals surface area contributed by atoms with E-state index in [1.807, 2.05) is 0 Å². The minimum Gasteiger partial charge on any atom is -0.381 e. The molecule has 1 aromatic rings. The molecule has 40 valence electrons. The Morgan fingerprint density at radius 1 is 1.71 bits per heavy atom. The van der Waals surface area contributed by atoms with Crippen molar-refractivity contribution in [2.24, 2.45) is 0 Å². The predicted molar refractivity (Wildman–Crippen MR) is 20.8 cm³/mol. The van der Waals surface area contributed by atoms with Crippen LogP contribution in [-0.4, -0.2) is 15.4 Å². The van der Waals surface area contributed by atoms with Gasteiger partial charge in [-0.3, -0.25) is 0 Å². The van der Waals surface area contributed by atoms with Crippen LogP contribution in [0.4, 0.5) is 5.82 Å². The predicted octanol–water partition coefficient (Wildman–Crippen LogP) is -0.616. The average Bonchev–Trinajstić information content (AvgIpc) is 1.86. The van der Waals surface area contributed by atoms with Crippen molar-refractivity contribution in [1.29, 1.82) is 0 Å². The zero-order valence-electron chi connectivity index (χ0n) is 3.40. The summed E-state index contributed by atoms with van der Waals surface area (Å²) in [6.07, 6.45) is 1.44. The molecule has 0 unspecified atom stereocenters. The van der Waals surface area contributed by atoms with Gasteiger partial charge in [-0.15, -0.1) is 5.10 Å². The Balaban J connectivity index is 0.000000360. The Labute approximate surface area is 51.0 Å². The number of hydrogen-bond donors (Lipinski definition) is 2. The Bertz CT molecular complexity index is 113. The van der Waals surface area contributed by atoms with Crippen molar-refractivity contribution in [3.05, 3.63) is 6.20 Å². The van der Waals surface area contributed by atoms with Gasteiger partial charge in [0.1, 0.15) is 0 Å². The molecule has 0 atom stereocenters. The first-order valence-electron chi connectivity index (χ1n) is 1.51. The quantitative estimate of drug-likeness (QED) is 0.472. The Morgan fingerprint density at radius 2 is 2.43 bits per heavy atom. The van der Waals surface area contributed by atoms with Crippen molar-refractivity contribution in [1.82, 2.24) is 15.4 Å². The van der Waals surface area contributed by atoms with E-state index >= 15 is 0 Å². The van der Waals surface area contributed by atoms with E-state index in [2.05, 4.69) is 15.4 Å². The van der Waals surface area contributed by atoms with E-state index in [4.69, 9.17) is 5.73 Å². The standard InChI is InChI=1S/C2H4N4.Fe/c3-2-1-4-6-5-2;/h1H,(H3,3,4,5,6);. The van der Waals surface area contributed by atoms with E-state index in [0.717, 1.165) is 0 Å². The van der Waals surface area contributed by atoms with Crippen LogP contribution in [0, 0.1) is 0 Å². The van der Waals surface area contributed by atoms with Crippen LogP contribution in [0.15, 0.2) is 6.20 Å². The number of rotatable bonds is 0. The number of hydrogen-bond acceptors (Lipinski definition) is 3. The summed E-state index contributed by atoms with van der Waals surface area (Å²) in [6.45, 7) is 0. The smallest absolute Gasteiger partial charge is 0.165 e. The fourth-order valence-corrected chi connectivity index (χ4v) is 0.210. The Morgan fingerprint density at radius 3 is 2.57 bits per heavy atom. The van der Waals surface area contributed by atoms with E-state index in [0.29, 0.717) is 5.82 Å². The molecule has 0 aliphatic rings. The molecular weight excluding hydrogens is 136 g/mol. The molecule has 0 saturated heterocycles. The maximum absolute atomic E-state index is 5.07. The van der Waals surface area contributed by atoms with Crippen LogP contribution in [0.2, 0.25) is 0 Å². The van der Waals surface area contributed by atoms with E-state index in [-0.39, 0.29) is 17.1 Å². The largest absolute Gasteiger partial charge is 0.381 e. The van der Waals surface area contributed by atoms with Crippen LogP contribution in [-0.2, 0) is 17.1 Å². The van der Waals surface area contributed by atoms with Crippen molar-refractivity contribution in [3.8, 4) is 0 Å². The number of nitrogens with two attached hydrogens (primary N) is 1. The zero-order chi connectivity index (χ0) is 4.41. The van der Waals surface area contributed by atoms with Crippen molar-refractivity contribution in [2.45, 2.75) is 0 Å². The minimum atomic E-state index is 0. The van der Waals surface area contributed by atoms with Gasteiger partial charge in [-0.05, 0) is 0 Å². The van der Waals surface area contributed by atoms with Gasteiger partial charge in [0.15, 0.2) is 5.82 Å². The zero-order valence-corrected chi connectivity index (χ0v) is 4.51. The molecule has 0 bridgehead atoms. The second-order valence-corrected chi connectivity index (χ2v) is 0.895. The number of nitrogens with zero attached hydrogens (tertiary/aromatic N) is 2. The first-order valence-corrected chi connectivity index (χ1v) is 1.51. The Kier molecular flexibility index (Phi) is 2.40. The molecule has 0 aliphatic carbocycles. The molecule has 0 radical (unpaired) electrons. The van der Waals surface area contributed by atoms with Gasteiger partial charge in [0, 0.05) is 17.1 Å². The fraction of sp³-hybridized carbons (Fsp3) is 0. The van der Waals surface area contributed by atoms with Gasteiger partial charge in [-0.1, -0.05) is 0 Å². The van der Waals surface area contributed by atoms with Crippen LogP contribution in [0.25, 0.3) is 0 Å². The summed E-state index contributed by atoms with van der Waals surface area (Å²) >= 11 is 0. The summed E-state index contributed by atoms with van der Waals surface area (Å²) < 4.78 is 0. The van der Waals surface area contributed by atoms with Gasteiger partial charge < -0.3 is 5.73 Å². The van der Waals surface area contributed by atoms with Crippen LogP contribution in [0.3, 0.4) is 0 Å². The van der Waals surface area contributed by atoms with Gasteiger partial charge in [0.25, 0.3) is 0 Å². The van der Waals surface area contributed by atoms with Crippen LogP contribution in [0.1, 0.15) is 0 Å². The maximum Gasteiger partial charge on any atom is 0.165 e. The average molecular weight is 140 g/mol. The summed E-state index contributed by atoms with van der Waals surface area (Å²) in [5, 5.41) is 9.22. The normalized spacial score (nSPS) is 7.43. The topological polar surface area (TPSA) is 67.6 Å². The molecule has 0 fully saturated rings. The Hall–Kier alpha value is -0.541. The molecule has 1 heterocycles. The van der Waals surface area contributed by atoms with Crippen molar-refractivity contribution in [3.63, 3.8) is 0 Å². The number of anilines is 1. The maximum atomic E-state index is 5.07. The van der Waals surface area contributed by atoms with Crippen LogP contribution < -0.4 is 5.73 Å². The summed E-state index contributed by atoms with van der Waals surface area (Å²) in [5.41, 5.74) is 5.07. The van der Waals surface area contributed by atoms with Crippen LogP contribution in [0.5, 0.6) is 0 Å². The molecule has 5 heteroatoms. The van der Waals surface area contributed by atoms with E-state index in [1.54, 1.807) is 0 Å². The van der Waals surface area contributed by atoms with Gasteiger partial charge in [0.05, 0.1) is 6.20 Å². The SMILES string of the molecule is Nc1cn[nH]n1.[Fe]. The first kappa shape index (κ1) is 6.46. The third kappa shape index (κ3) is 1.57. The molecule has 3 N–H and O–H groups in total. The number of nitrogen functional groups attached to an aromatic ring is 1. The molecule has 4 nitrogen and oxygen atoms in total. The van der Waals surface area contributed by atoms with E-state index in [1.165, 1.54) is 6.20 Å².